The summed E-state index contributed by atoms with van der Waals surface area (Å²) in [6, 6.07) is 13.4. The standard InChI is InChI=1S/C21H25NO5/c1-15-5-3-8-19(16(15)2)27-12-11-26-18-7-4-6-17(13-18)14-22-20(23)9-10-21(24)25/h3-8,13H,9-12,14H2,1-2H3,(H,22,23)(H,24,25). The molecular weight excluding hydrogens is 346 g/mol. The molecule has 1 amide bonds. The van der Waals surface area contributed by atoms with Crippen molar-refractivity contribution in [3.05, 3.63) is 59.2 Å². The van der Waals surface area contributed by atoms with Crippen molar-refractivity contribution in [2.45, 2.75) is 33.2 Å². The third-order valence-corrected chi connectivity index (χ3v) is 4.12. The molecule has 2 aromatic rings. The molecule has 2 N–H and O–H groups in total. The van der Waals surface area contributed by atoms with Gasteiger partial charge < -0.3 is 19.9 Å². The smallest absolute Gasteiger partial charge is 0.303 e. The molecular formula is C21H25NO5. The molecule has 0 saturated heterocycles. The number of carbonyl (C=O) groups excluding carboxylic acids is 1. The minimum Gasteiger partial charge on any atom is -0.490 e. The maximum absolute atomic E-state index is 11.6. The van der Waals surface area contributed by atoms with E-state index in [1.807, 2.05) is 56.3 Å². The Hall–Kier alpha value is -3.02. The Morgan fingerprint density at radius 3 is 2.52 bits per heavy atom. The number of hydrogen-bond donors (Lipinski definition) is 2. The van der Waals surface area contributed by atoms with Crippen LogP contribution < -0.4 is 14.8 Å². The third-order valence-electron chi connectivity index (χ3n) is 4.12. The van der Waals surface area contributed by atoms with Crippen LogP contribution in [0.1, 0.15) is 29.5 Å². The van der Waals surface area contributed by atoms with Gasteiger partial charge in [0.05, 0.1) is 6.42 Å². The molecule has 0 aliphatic heterocycles. The number of amides is 1. The molecule has 2 rings (SSSR count). The van der Waals surface area contributed by atoms with E-state index < -0.39 is 5.97 Å². The summed E-state index contributed by atoms with van der Waals surface area (Å²) in [6.45, 7) is 5.24. The second kappa shape index (κ2) is 10.2. The lowest BCUT2D eigenvalue weighted by atomic mass is 10.1. The molecule has 0 aliphatic carbocycles. The highest BCUT2D eigenvalue weighted by molar-refractivity contribution is 5.80. The number of rotatable bonds is 10. The molecule has 144 valence electrons. The van der Waals surface area contributed by atoms with E-state index in [1.165, 1.54) is 5.56 Å². The first-order valence-corrected chi connectivity index (χ1v) is 8.85. The van der Waals surface area contributed by atoms with Crippen LogP contribution in [0.2, 0.25) is 0 Å². The molecule has 0 aromatic heterocycles. The van der Waals surface area contributed by atoms with Gasteiger partial charge in [-0.15, -0.1) is 0 Å². The van der Waals surface area contributed by atoms with Crippen LogP contribution >= 0.6 is 0 Å². The van der Waals surface area contributed by atoms with Crippen LogP contribution in [0.15, 0.2) is 42.5 Å². The van der Waals surface area contributed by atoms with Gasteiger partial charge in [0.25, 0.3) is 0 Å². The van der Waals surface area contributed by atoms with E-state index in [-0.39, 0.29) is 18.7 Å². The Morgan fingerprint density at radius 1 is 1.00 bits per heavy atom. The summed E-state index contributed by atoms with van der Waals surface area (Å²) in [5.41, 5.74) is 3.19. The van der Waals surface area contributed by atoms with Crippen molar-refractivity contribution in [1.29, 1.82) is 0 Å². The van der Waals surface area contributed by atoms with Crippen molar-refractivity contribution in [1.82, 2.24) is 5.32 Å². The fourth-order valence-corrected chi connectivity index (χ4v) is 2.45. The van der Waals surface area contributed by atoms with Crippen molar-refractivity contribution in [3.63, 3.8) is 0 Å². The van der Waals surface area contributed by atoms with Gasteiger partial charge >= 0.3 is 5.97 Å². The number of carbonyl (C=O) groups is 2. The van der Waals surface area contributed by atoms with Gasteiger partial charge in [0.15, 0.2) is 0 Å². The van der Waals surface area contributed by atoms with Crippen molar-refractivity contribution in [2.24, 2.45) is 0 Å². The maximum Gasteiger partial charge on any atom is 0.303 e. The van der Waals surface area contributed by atoms with Gasteiger partial charge in [-0.3, -0.25) is 9.59 Å². The van der Waals surface area contributed by atoms with Gasteiger partial charge in [-0.25, -0.2) is 0 Å². The second-order valence-corrected chi connectivity index (χ2v) is 6.21. The monoisotopic (exact) mass is 371 g/mol. The lowest BCUT2D eigenvalue weighted by Gasteiger charge is -2.12. The lowest BCUT2D eigenvalue weighted by molar-refractivity contribution is -0.138. The van der Waals surface area contributed by atoms with Crippen molar-refractivity contribution in [3.8, 4) is 11.5 Å². The minimum atomic E-state index is -0.983. The average Bonchev–Trinajstić information content (AvgIpc) is 2.65. The van der Waals surface area contributed by atoms with Crippen molar-refractivity contribution >= 4 is 11.9 Å². The summed E-state index contributed by atoms with van der Waals surface area (Å²) in [4.78, 5) is 22.0. The summed E-state index contributed by atoms with van der Waals surface area (Å²) in [6.07, 6.45) is -0.198. The van der Waals surface area contributed by atoms with Crippen LogP contribution in [0.4, 0.5) is 0 Å². The normalized spacial score (nSPS) is 10.3. The lowest BCUT2D eigenvalue weighted by Crippen LogP contribution is -2.23. The number of aryl methyl sites for hydroxylation is 1. The predicted molar refractivity (Wildman–Crippen MR) is 102 cm³/mol. The van der Waals surface area contributed by atoms with E-state index >= 15 is 0 Å². The maximum atomic E-state index is 11.6. The Morgan fingerprint density at radius 2 is 1.74 bits per heavy atom. The van der Waals surface area contributed by atoms with E-state index in [0.29, 0.717) is 25.5 Å². The largest absolute Gasteiger partial charge is 0.490 e. The SMILES string of the molecule is Cc1cccc(OCCOc2cccc(CNC(=O)CCC(=O)O)c2)c1C. The fourth-order valence-electron chi connectivity index (χ4n) is 2.45. The first kappa shape index (κ1) is 20.3. The van der Waals surface area contributed by atoms with E-state index in [0.717, 1.165) is 16.9 Å². The molecule has 0 spiro atoms. The molecule has 6 heteroatoms. The Bertz CT molecular complexity index is 788. The number of ether oxygens (including phenoxy) is 2. The highest BCUT2D eigenvalue weighted by Crippen LogP contribution is 2.20. The predicted octanol–water partition coefficient (Wildman–Crippen LogP) is 3.24. The van der Waals surface area contributed by atoms with E-state index in [1.54, 1.807) is 0 Å². The molecule has 6 nitrogen and oxygen atoms in total. The van der Waals surface area contributed by atoms with Crippen LogP contribution in [0, 0.1) is 13.8 Å². The third kappa shape index (κ3) is 7.01. The fraction of sp³-hybridized carbons (Fsp3) is 0.333. The second-order valence-electron chi connectivity index (χ2n) is 6.21. The Labute approximate surface area is 159 Å². The molecule has 0 heterocycles. The van der Waals surface area contributed by atoms with E-state index in [4.69, 9.17) is 14.6 Å². The Kier molecular flexibility index (Phi) is 7.67. The zero-order chi connectivity index (χ0) is 19.6. The molecule has 0 atom stereocenters. The molecule has 0 unspecified atom stereocenters. The van der Waals surface area contributed by atoms with Crippen LogP contribution in [0.25, 0.3) is 0 Å². The van der Waals surface area contributed by atoms with Crippen molar-refractivity contribution in [2.75, 3.05) is 13.2 Å². The highest BCUT2D eigenvalue weighted by atomic mass is 16.5. The molecule has 2 aromatic carbocycles. The van der Waals surface area contributed by atoms with Crippen LogP contribution in [0.3, 0.4) is 0 Å². The van der Waals surface area contributed by atoms with Gasteiger partial charge in [-0.1, -0.05) is 24.3 Å². The van der Waals surface area contributed by atoms with E-state index in [9.17, 15) is 9.59 Å². The van der Waals surface area contributed by atoms with Gasteiger partial charge in [-0.05, 0) is 48.7 Å². The van der Waals surface area contributed by atoms with Crippen LogP contribution in [-0.4, -0.2) is 30.2 Å². The van der Waals surface area contributed by atoms with Crippen LogP contribution in [-0.2, 0) is 16.1 Å². The molecule has 0 radical (unpaired) electrons. The number of aliphatic carboxylic acids is 1. The summed E-state index contributed by atoms with van der Waals surface area (Å²) in [5, 5.41) is 11.3. The molecule has 27 heavy (non-hydrogen) atoms. The highest BCUT2D eigenvalue weighted by Gasteiger charge is 2.06. The summed E-state index contributed by atoms with van der Waals surface area (Å²) in [7, 11) is 0. The average molecular weight is 371 g/mol. The van der Waals surface area contributed by atoms with Gasteiger partial charge in [0, 0.05) is 13.0 Å². The summed E-state index contributed by atoms with van der Waals surface area (Å²) in [5.74, 6) is 0.280. The quantitative estimate of drug-likeness (QED) is 0.626. The number of hydrogen-bond acceptors (Lipinski definition) is 4. The number of nitrogens with one attached hydrogen (secondary N) is 1. The van der Waals surface area contributed by atoms with Gasteiger partial charge in [0.2, 0.25) is 5.91 Å². The molecule has 0 saturated carbocycles. The zero-order valence-electron chi connectivity index (χ0n) is 15.7. The summed E-state index contributed by atoms with van der Waals surface area (Å²) >= 11 is 0. The molecule has 0 aliphatic rings. The first-order valence-electron chi connectivity index (χ1n) is 8.85. The van der Waals surface area contributed by atoms with Gasteiger partial charge in [-0.2, -0.15) is 0 Å². The Balaban J connectivity index is 1.76. The topological polar surface area (TPSA) is 84.9 Å². The van der Waals surface area contributed by atoms with Crippen molar-refractivity contribution < 1.29 is 24.2 Å². The number of benzene rings is 2. The number of carboxylic acids is 1. The number of carboxylic acid groups (broad SMARTS) is 1. The van der Waals surface area contributed by atoms with Gasteiger partial charge in [0.1, 0.15) is 24.7 Å². The first-order chi connectivity index (χ1) is 13.0. The molecule has 0 bridgehead atoms. The van der Waals surface area contributed by atoms with E-state index in [2.05, 4.69) is 5.32 Å². The summed E-state index contributed by atoms with van der Waals surface area (Å²) < 4.78 is 11.5. The zero-order valence-corrected chi connectivity index (χ0v) is 15.7. The minimum absolute atomic E-state index is 0.0265. The van der Waals surface area contributed by atoms with Crippen LogP contribution in [0.5, 0.6) is 11.5 Å². The molecule has 0 fully saturated rings.